The Balaban J connectivity index is 5.31. The van der Waals surface area contributed by atoms with Crippen molar-refractivity contribution in [2.75, 3.05) is 19.3 Å². The van der Waals surface area contributed by atoms with E-state index >= 15 is 0 Å². The molecule has 0 aromatic rings. The van der Waals surface area contributed by atoms with Gasteiger partial charge in [0.25, 0.3) is 0 Å². The average Bonchev–Trinajstić information content (AvgIpc) is 2.12. The number of hydrogen-bond acceptors (Lipinski definition) is 5. The van der Waals surface area contributed by atoms with Gasteiger partial charge in [-0.1, -0.05) is 0 Å². The lowest BCUT2D eigenvalue weighted by atomic mass is 10.1. The number of nitrogens with zero attached hydrogens (tertiary/aromatic N) is 1. The molecule has 0 aliphatic carbocycles. The van der Waals surface area contributed by atoms with Gasteiger partial charge in [-0.2, -0.15) is 0 Å². The first-order valence-corrected chi connectivity index (χ1v) is 6.71. The minimum absolute atomic E-state index is 0.478. The molecule has 0 aliphatic heterocycles. The first-order valence-electron chi connectivity index (χ1n) is 4.82. The summed E-state index contributed by atoms with van der Waals surface area (Å²) in [5, 5.41) is 17.2. The van der Waals surface area contributed by atoms with E-state index in [1.807, 2.05) is 0 Å². The average molecular weight is 281 g/mol. The molecule has 2 N–H and O–H groups in total. The number of carboxylic acids is 2. The lowest BCUT2D eigenvalue weighted by Crippen LogP contribution is -2.52. The van der Waals surface area contributed by atoms with E-state index < -0.39 is 45.5 Å². The molecule has 0 heterocycles. The topological polar surface area (TPSA) is 129 Å². The molecule has 0 atom stereocenters. The summed E-state index contributed by atoms with van der Waals surface area (Å²) in [5.74, 6) is -3.90. The molecule has 0 spiro atoms. The van der Waals surface area contributed by atoms with Crippen molar-refractivity contribution in [2.45, 2.75) is 18.6 Å². The van der Waals surface area contributed by atoms with Crippen LogP contribution in [0.5, 0.6) is 0 Å². The van der Waals surface area contributed by atoms with E-state index in [1.54, 1.807) is 0 Å². The van der Waals surface area contributed by atoms with E-state index in [-0.39, 0.29) is 0 Å². The summed E-state index contributed by atoms with van der Waals surface area (Å²) in [6, 6.07) is 0. The van der Waals surface area contributed by atoms with E-state index in [9.17, 15) is 22.8 Å². The van der Waals surface area contributed by atoms with Crippen LogP contribution in [-0.4, -0.2) is 65.5 Å². The molecule has 0 aromatic carbocycles. The van der Waals surface area contributed by atoms with Crippen molar-refractivity contribution in [3.8, 4) is 0 Å². The van der Waals surface area contributed by atoms with Gasteiger partial charge < -0.3 is 15.1 Å². The van der Waals surface area contributed by atoms with Crippen LogP contribution in [-0.2, 0) is 24.2 Å². The van der Waals surface area contributed by atoms with Crippen LogP contribution < -0.4 is 0 Å². The van der Waals surface area contributed by atoms with E-state index in [1.165, 1.54) is 0 Å². The minimum Gasteiger partial charge on any atom is -0.480 e. The predicted octanol–water partition coefficient (Wildman–Crippen LogP) is -1.19. The number of carboxylic acid groups (broad SMARTS) is 2. The van der Waals surface area contributed by atoms with E-state index in [0.717, 1.165) is 20.1 Å². The Morgan fingerprint density at radius 3 is 1.61 bits per heavy atom. The van der Waals surface area contributed by atoms with E-state index in [4.69, 9.17) is 10.2 Å². The number of carbonyl (C=O) groups excluding carboxylic acids is 1. The normalized spacial score (nSPS) is 11.9. The van der Waals surface area contributed by atoms with Gasteiger partial charge in [-0.15, -0.1) is 0 Å². The van der Waals surface area contributed by atoms with Gasteiger partial charge in [0, 0.05) is 6.26 Å². The highest BCUT2D eigenvalue weighted by molar-refractivity contribution is 7.92. The van der Waals surface area contributed by atoms with Gasteiger partial charge in [0.15, 0.2) is 9.84 Å². The van der Waals surface area contributed by atoms with Crippen LogP contribution in [0.3, 0.4) is 0 Å². The molecule has 18 heavy (non-hydrogen) atoms. The third-order valence-electron chi connectivity index (χ3n) is 2.38. The molecule has 0 unspecified atom stereocenters. The molecule has 0 saturated heterocycles. The molecule has 0 radical (unpaired) electrons. The Bertz CT molecular complexity index is 449. The second-order valence-electron chi connectivity index (χ2n) is 4.23. The second-order valence-corrected chi connectivity index (χ2v) is 6.80. The molecule has 0 rings (SSSR count). The van der Waals surface area contributed by atoms with Crippen LogP contribution >= 0.6 is 0 Å². The van der Waals surface area contributed by atoms with Crippen LogP contribution in [0, 0.1) is 0 Å². The van der Waals surface area contributed by atoms with Gasteiger partial charge in [-0.3, -0.25) is 14.4 Å². The summed E-state index contributed by atoms with van der Waals surface area (Å²) in [4.78, 5) is 33.5. The fourth-order valence-corrected chi connectivity index (χ4v) is 1.51. The monoisotopic (exact) mass is 281 g/mol. The summed E-state index contributed by atoms with van der Waals surface area (Å²) in [7, 11) is -3.80. The van der Waals surface area contributed by atoms with Gasteiger partial charge in [0.05, 0.1) is 0 Å². The van der Waals surface area contributed by atoms with Crippen molar-refractivity contribution in [1.82, 2.24) is 4.90 Å². The lowest BCUT2D eigenvalue weighted by molar-refractivity contribution is -0.150. The van der Waals surface area contributed by atoms with Crippen LogP contribution in [0.25, 0.3) is 0 Å². The zero-order valence-electron chi connectivity index (χ0n) is 10.2. The van der Waals surface area contributed by atoms with E-state index in [2.05, 4.69) is 0 Å². The molecule has 8 nitrogen and oxygen atoms in total. The Morgan fingerprint density at radius 1 is 1.06 bits per heavy atom. The van der Waals surface area contributed by atoms with Gasteiger partial charge >= 0.3 is 11.9 Å². The van der Waals surface area contributed by atoms with Crippen LogP contribution in [0.2, 0.25) is 0 Å². The molecule has 0 fully saturated rings. The Hall–Kier alpha value is -1.64. The summed E-state index contributed by atoms with van der Waals surface area (Å²) < 4.78 is 21.0. The smallest absolute Gasteiger partial charge is 0.323 e. The Labute approximate surface area is 104 Å². The highest BCUT2D eigenvalue weighted by atomic mass is 32.2. The molecular formula is C9H15NO7S. The second kappa shape index (κ2) is 5.34. The van der Waals surface area contributed by atoms with Crippen LogP contribution in [0.1, 0.15) is 13.8 Å². The molecule has 104 valence electrons. The Morgan fingerprint density at radius 2 is 1.39 bits per heavy atom. The predicted molar refractivity (Wildman–Crippen MR) is 60.8 cm³/mol. The van der Waals surface area contributed by atoms with Crippen molar-refractivity contribution in [3.63, 3.8) is 0 Å². The summed E-state index contributed by atoms with van der Waals surface area (Å²) in [5.41, 5.74) is 0. The molecule has 0 saturated carbocycles. The fourth-order valence-electron chi connectivity index (χ4n) is 1.07. The largest absolute Gasteiger partial charge is 0.480 e. The number of sulfone groups is 1. The zero-order valence-corrected chi connectivity index (χ0v) is 11.0. The highest BCUT2D eigenvalue weighted by Gasteiger charge is 2.42. The van der Waals surface area contributed by atoms with Gasteiger partial charge in [-0.25, -0.2) is 8.42 Å². The maximum absolute atomic E-state index is 11.9. The Kier molecular flexibility index (Phi) is 4.85. The minimum atomic E-state index is -3.80. The van der Waals surface area contributed by atoms with Crippen molar-refractivity contribution < 1.29 is 33.0 Å². The number of carbonyl (C=O) groups is 3. The summed E-state index contributed by atoms with van der Waals surface area (Å²) in [6.07, 6.45) is 0.824. The maximum Gasteiger partial charge on any atom is 0.323 e. The lowest BCUT2D eigenvalue weighted by Gasteiger charge is -2.28. The number of aliphatic carboxylic acids is 2. The number of hydrogen-bond donors (Lipinski definition) is 2. The molecule has 1 amide bonds. The fraction of sp³-hybridized carbons (Fsp3) is 0.667. The third-order valence-corrected chi connectivity index (χ3v) is 4.41. The number of amides is 1. The van der Waals surface area contributed by atoms with Crippen LogP contribution in [0.4, 0.5) is 0 Å². The van der Waals surface area contributed by atoms with E-state index in [0.29, 0.717) is 4.90 Å². The molecule has 0 aliphatic rings. The molecule has 9 heteroatoms. The van der Waals surface area contributed by atoms with Crippen LogP contribution in [0.15, 0.2) is 0 Å². The van der Waals surface area contributed by atoms with Crippen molar-refractivity contribution in [2.24, 2.45) is 0 Å². The van der Waals surface area contributed by atoms with Crippen molar-refractivity contribution in [1.29, 1.82) is 0 Å². The quantitative estimate of drug-likeness (QED) is 0.626. The molecule has 0 bridgehead atoms. The first kappa shape index (κ1) is 16.4. The van der Waals surface area contributed by atoms with Crippen molar-refractivity contribution in [3.05, 3.63) is 0 Å². The van der Waals surface area contributed by atoms with Gasteiger partial charge in [-0.05, 0) is 13.8 Å². The SMILES string of the molecule is CC(C)(C(=O)N(CC(=O)O)CC(=O)O)S(C)(=O)=O. The maximum atomic E-state index is 11.9. The van der Waals surface area contributed by atoms with Gasteiger partial charge in [0.1, 0.15) is 17.8 Å². The zero-order chi connectivity index (χ0) is 14.7. The molecular weight excluding hydrogens is 266 g/mol. The first-order chi connectivity index (χ1) is 7.89. The van der Waals surface area contributed by atoms with Gasteiger partial charge in [0.2, 0.25) is 5.91 Å². The third kappa shape index (κ3) is 3.99. The number of rotatable bonds is 6. The highest BCUT2D eigenvalue weighted by Crippen LogP contribution is 2.18. The summed E-state index contributed by atoms with van der Waals surface area (Å²) in [6.45, 7) is 0.455. The van der Waals surface area contributed by atoms with Crippen molar-refractivity contribution >= 4 is 27.7 Å². The standard InChI is InChI=1S/C9H15NO7S/c1-9(2,18(3,16)17)8(15)10(4-6(11)12)5-7(13)14/h4-5H2,1-3H3,(H,11,12)(H,13,14). The summed E-state index contributed by atoms with van der Waals surface area (Å²) >= 11 is 0. The molecule has 0 aromatic heterocycles.